The van der Waals surface area contributed by atoms with Crippen LogP contribution in [-0.2, 0) is 9.59 Å². The van der Waals surface area contributed by atoms with Crippen molar-refractivity contribution in [2.24, 2.45) is 0 Å². The van der Waals surface area contributed by atoms with Crippen LogP contribution in [0, 0.1) is 0 Å². The fourth-order valence-electron chi connectivity index (χ4n) is 2.85. The normalized spacial score (nSPS) is 21.6. The van der Waals surface area contributed by atoms with E-state index < -0.39 is 5.54 Å². The van der Waals surface area contributed by atoms with Gasteiger partial charge < -0.3 is 10.2 Å². The molecule has 1 heterocycles. The second-order valence-electron chi connectivity index (χ2n) is 5.78. The first-order chi connectivity index (χ1) is 9.42. The van der Waals surface area contributed by atoms with Gasteiger partial charge in [0.2, 0.25) is 11.8 Å². The predicted molar refractivity (Wildman–Crippen MR) is 81.3 cm³/mol. The van der Waals surface area contributed by atoms with E-state index in [0.717, 1.165) is 12.0 Å². The van der Waals surface area contributed by atoms with E-state index in [0.29, 0.717) is 25.8 Å². The Morgan fingerprint density at radius 2 is 1.85 bits per heavy atom. The number of hydrogen-bond donors (Lipinski definition) is 1. The maximum atomic E-state index is 12.7. The zero-order valence-corrected chi connectivity index (χ0v) is 13.5. The van der Waals surface area contributed by atoms with E-state index in [4.69, 9.17) is 0 Å². The summed E-state index contributed by atoms with van der Waals surface area (Å²) in [4.78, 5) is 27.0. The molecule has 0 aromatic carbocycles. The summed E-state index contributed by atoms with van der Waals surface area (Å²) >= 11 is 0. The van der Waals surface area contributed by atoms with Gasteiger partial charge in [-0.3, -0.25) is 9.59 Å². The molecule has 0 spiro atoms. The van der Waals surface area contributed by atoms with E-state index in [1.807, 2.05) is 40.7 Å². The quantitative estimate of drug-likeness (QED) is 0.760. The highest BCUT2D eigenvalue weighted by Gasteiger charge is 2.49. The highest BCUT2D eigenvalue weighted by atomic mass is 16.2. The molecule has 20 heavy (non-hydrogen) atoms. The van der Waals surface area contributed by atoms with Crippen LogP contribution in [0.2, 0.25) is 0 Å². The third kappa shape index (κ3) is 3.05. The first-order valence-corrected chi connectivity index (χ1v) is 7.68. The molecule has 2 amide bonds. The van der Waals surface area contributed by atoms with Gasteiger partial charge in [0.05, 0.1) is 0 Å². The maximum absolute atomic E-state index is 12.7. The number of hydrogen-bond acceptors (Lipinski definition) is 2. The number of nitrogens with one attached hydrogen (secondary N) is 1. The molecule has 0 bridgehead atoms. The third-order valence-electron chi connectivity index (χ3n) is 4.24. The van der Waals surface area contributed by atoms with Gasteiger partial charge in [0, 0.05) is 6.54 Å². The topological polar surface area (TPSA) is 49.4 Å². The number of carbonyl (C=O) groups is 2. The Labute approximate surface area is 122 Å². The molecular formula is C16H28N2O2. The fourth-order valence-corrected chi connectivity index (χ4v) is 2.85. The van der Waals surface area contributed by atoms with Gasteiger partial charge in [0.1, 0.15) is 11.6 Å². The van der Waals surface area contributed by atoms with E-state index in [1.165, 1.54) is 0 Å². The molecular weight excluding hydrogens is 252 g/mol. The minimum Gasteiger partial charge on any atom is -0.342 e. The van der Waals surface area contributed by atoms with Crippen molar-refractivity contribution in [3.8, 4) is 0 Å². The summed E-state index contributed by atoms with van der Waals surface area (Å²) in [6, 6.07) is -0.357. The molecule has 1 aliphatic rings. The Morgan fingerprint density at radius 1 is 1.25 bits per heavy atom. The Hall–Kier alpha value is -1.32. The van der Waals surface area contributed by atoms with Gasteiger partial charge in [-0.05, 0) is 33.1 Å². The molecule has 0 aliphatic carbocycles. The lowest BCUT2D eigenvalue weighted by atomic mass is 9.85. The molecule has 0 radical (unpaired) electrons. The molecule has 1 fully saturated rings. The summed E-state index contributed by atoms with van der Waals surface area (Å²) in [5.41, 5.74) is 0.477. The number of carbonyl (C=O) groups excluding carboxylic acids is 2. The van der Waals surface area contributed by atoms with Crippen LogP contribution >= 0.6 is 0 Å². The average molecular weight is 280 g/mol. The molecule has 114 valence electrons. The van der Waals surface area contributed by atoms with Crippen molar-refractivity contribution in [2.75, 3.05) is 6.54 Å². The lowest BCUT2D eigenvalue weighted by Gasteiger charge is -2.47. The SMILES string of the molecule is CCCC1NC(=O)C(CC)(CC)N(CC=C(C)C)C1=O. The van der Waals surface area contributed by atoms with Gasteiger partial charge in [-0.2, -0.15) is 0 Å². The smallest absolute Gasteiger partial charge is 0.246 e. The monoisotopic (exact) mass is 280 g/mol. The number of rotatable bonds is 6. The second kappa shape index (κ2) is 6.91. The number of nitrogens with zero attached hydrogens (tertiary/aromatic N) is 1. The van der Waals surface area contributed by atoms with Crippen molar-refractivity contribution >= 4 is 11.8 Å². The van der Waals surface area contributed by atoms with Crippen LogP contribution in [-0.4, -0.2) is 34.8 Å². The minimum absolute atomic E-state index is 0.00251. The molecule has 1 saturated heterocycles. The van der Waals surface area contributed by atoms with Crippen LogP contribution < -0.4 is 5.32 Å². The molecule has 1 rings (SSSR count). The van der Waals surface area contributed by atoms with Crippen LogP contribution in [0.3, 0.4) is 0 Å². The van der Waals surface area contributed by atoms with Crippen LogP contribution in [0.25, 0.3) is 0 Å². The van der Waals surface area contributed by atoms with Gasteiger partial charge in [-0.15, -0.1) is 0 Å². The highest BCUT2D eigenvalue weighted by Crippen LogP contribution is 2.29. The summed E-state index contributed by atoms with van der Waals surface area (Å²) in [6.07, 6.45) is 4.92. The van der Waals surface area contributed by atoms with E-state index in [9.17, 15) is 9.59 Å². The molecule has 1 atom stereocenters. The van der Waals surface area contributed by atoms with Crippen LogP contribution in [0.15, 0.2) is 11.6 Å². The van der Waals surface area contributed by atoms with E-state index in [-0.39, 0.29) is 17.9 Å². The molecule has 0 aromatic heterocycles. The Kier molecular flexibility index (Phi) is 5.78. The standard InChI is InChI=1S/C16H28N2O2/c1-6-9-13-14(19)18(11-10-12(4)5)16(7-2,8-3)15(20)17-13/h10,13H,6-9,11H2,1-5H3,(H,17,20). The van der Waals surface area contributed by atoms with E-state index in [2.05, 4.69) is 5.32 Å². The number of amides is 2. The molecule has 1 unspecified atom stereocenters. The van der Waals surface area contributed by atoms with Crippen LogP contribution in [0.5, 0.6) is 0 Å². The molecule has 0 aromatic rings. The van der Waals surface area contributed by atoms with Crippen molar-refractivity contribution in [3.05, 3.63) is 11.6 Å². The largest absolute Gasteiger partial charge is 0.342 e. The van der Waals surface area contributed by atoms with Crippen molar-refractivity contribution < 1.29 is 9.59 Å². The number of allylic oxidation sites excluding steroid dienone is 1. The molecule has 4 nitrogen and oxygen atoms in total. The first kappa shape index (κ1) is 16.7. The lowest BCUT2D eigenvalue weighted by molar-refractivity contribution is -0.157. The average Bonchev–Trinajstić information content (AvgIpc) is 2.41. The Bertz CT molecular complexity index is 393. The van der Waals surface area contributed by atoms with Crippen molar-refractivity contribution in [1.29, 1.82) is 0 Å². The third-order valence-corrected chi connectivity index (χ3v) is 4.24. The van der Waals surface area contributed by atoms with Gasteiger partial charge in [0.25, 0.3) is 0 Å². The summed E-state index contributed by atoms with van der Waals surface area (Å²) < 4.78 is 0. The van der Waals surface area contributed by atoms with E-state index in [1.54, 1.807) is 4.90 Å². The molecule has 0 saturated carbocycles. The van der Waals surface area contributed by atoms with Gasteiger partial charge in [-0.25, -0.2) is 0 Å². The summed E-state index contributed by atoms with van der Waals surface area (Å²) in [5, 5.41) is 2.93. The molecule has 4 heteroatoms. The van der Waals surface area contributed by atoms with Crippen LogP contribution in [0.1, 0.15) is 60.3 Å². The Balaban J connectivity index is 3.13. The summed E-state index contributed by atoms with van der Waals surface area (Å²) in [7, 11) is 0. The minimum atomic E-state index is -0.687. The van der Waals surface area contributed by atoms with Crippen molar-refractivity contribution in [1.82, 2.24) is 10.2 Å². The zero-order chi connectivity index (χ0) is 15.3. The summed E-state index contributed by atoms with van der Waals surface area (Å²) in [6.45, 7) is 10.5. The Morgan fingerprint density at radius 3 is 2.30 bits per heavy atom. The molecule has 1 N–H and O–H groups in total. The number of piperazine rings is 1. The maximum Gasteiger partial charge on any atom is 0.246 e. The lowest BCUT2D eigenvalue weighted by Crippen LogP contribution is -2.70. The first-order valence-electron chi connectivity index (χ1n) is 7.68. The summed E-state index contributed by atoms with van der Waals surface area (Å²) in [5.74, 6) is 0.0651. The fraction of sp³-hybridized carbons (Fsp3) is 0.750. The van der Waals surface area contributed by atoms with Crippen molar-refractivity contribution in [2.45, 2.75) is 71.9 Å². The highest BCUT2D eigenvalue weighted by molar-refractivity contribution is 5.99. The van der Waals surface area contributed by atoms with E-state index >= 15 is 0 Å². The van der Waals surface area contributed by atoms with Gasteiger partial charge in [-0.1, -0.05) is 38.8 Å². The predicted octanol–water partition coefficient (Wildman–Crippen LogP) is 2.64. The van der Waals surface area contributed by atoms with Gasteiger partial charge in [0.15, 0.2) is 0 Å². The van der Waals surface area contributed by atoms with Crippen LogP contribution in [0.4, 0.5) is 0 Å². The zero-order valence-electron chi connectivity index (χ0n) is 13.5. The van der Waals surface area contributed by atoms with Crippen molar-refractivity contribution in [3.63, 3.8) is 0 Å². The molecule has 1 aliphatic heterocycles. The second-order valence-corrected chi connectivity index (χ2v) is 5.78. The van der Waals surface area contributed by atoms with Gasteiger partial charge >= 0.3 is 0 Å².